The van der Waals surface area contributed by atoms with Crippen LogP contribution in [0.5, 0.6) is 0 Å². The average Bonchev–Trinajstić information content (AvgIpc) is 3.31. The van der Waals surface area contributed by atoms with Crippen molar-refractivity contribution in [2.24, 2.45) is 0 Å². The van der Waals surface area contributed by atoms with Crippen LogP contribution in [-0.2, 0) is 6.54 Å². The third kappa shape index (κ3) is 3.94. The number of allylic oxidation sites excluding steroid dienone is 2. The van der Waals surface area contributed by atoms with E-state index in [1.54, 1.807) is 17.6 Å². The smallest absolute Gasteiger partial charge is 0.224 e. The summed E-state index contributed by atoms with van der Waals surface area (Å²) in [7, 11) is 0. The van der Waals surface area contributed by atoms with E-state index in [2.05, 4.69) is 34.4 Å². The van der Waals surface area contributed by atoms with Crippen LogP contribution < -0.4 is 5.32 Å². The number of hydrogen-bond donors (Lipinski definition) is 1. The third-order valence-corrected chi connectivity index (χ3v) is 6.04. The number of hydrogen-bond acceptors (Lipinski definition) is 5. The van der Waals surface area contributed by atoms with Gasteiger partial charge in [-0.3, -0.25) is 0 Å². The molecule has 0 saturated carbocycles. The van der Waals surface area contributed by atoms with Gasteiger partial charge < -0.3 is 9.73 Å². The van der Waals surface area contributed by atoms with E-state index in [9.17, 15) is 0 Å². The van der Waals surface area contributed by atoms with Crippen molar-refractivity contribution in [3.05, 3.63) is 52.0 Å². The van der Waals surface area contributed by atoms with Crippen LogP contribution in [0.1, 0.15) is 55.2 Å². The van der Waals surface area contributed by atoms with E-state index in [-0.39, 0.29) is 5.28 Å². The molecule has 1 unspecified atom stereocenters. The van der Waals surface area contributed by atoms with Crippen LogP contribution >= 0.6 is 22.9 Å². The number of thiophene rings is 1. The maximum atomic E-state index is 6.16. The van der Waals surface area contributed by atoms with Gasteiger partial charge in [0.1, 0.15) is 11.6 Å². The summed E-state index contributed by atoms with van der Waals surface area (Å²) >= 11 is 7.95. The van der Waals surface area contributed by atoms with E-state index in [1.165, 1.54) is 16.9 Å². The molecule has 0 aromatic carbocycles. The van der Waals surface area contributed by atoms with Crippen LogP contribution in [0.25, 0.3) is 10.2 Å². The number of rotatable bonds is 4. The first-order valence-electron chi connectivity index (χ1n) is 9.10. The van der Waals surface area contributed by atoms with Crippen LogP contribution in [0.3, 0.4) is 0 Å². The lowest BCUT2D eigenvalue weighted by molar-refractivity contribution is 0.518. The molecule has 1 aliphatic rings. The molecule has 0 spiro atoms. The number of anilines is 1. The second-order valence-corrected chi connectivity index (χ2v) is 7.41. The predicted molar refractivity (Wildman–Crippen MR) is 110 cm³/mol. The highest BCUT2D eigenvalue weighted by molar-refractivity contribution is 7.20. The Morgan fingerprint density at radius 2 is 2.15 bits per heavy atom. The van der Waals surface area contributed by atoms with Gasteiger partial charge in [-0.2, -0.15) is 4.98 Å². The molecular weight excluding hydrogens is 366 g/mol. The van der Waals surface area contributed by atoms with Crippen molar-refractivity contribution in [1.29, 1.82) is 0 Å². The summed E-state index contributed by atoms with van der Waals surface area (Å²) in [6.07, 6.45) is 9.67. The zero-order valence-corrected chi connectivity index (χ0v) is 17.0. The molecule has 138 valence electrons. The summed E-state index contributed by atoms with van der Waals surface area (Å²) < 4.78 is 6.46. The second kappa shape index (κ2) is 8.69. The van der Waals surface area contributed by atoms with Gasteiger partial charge >= 0.3 is 0 Å². The van der Waals surface area contributed by atoms with Crippen LogP contribution in [0.15, 0.2) is 35.0 Å². The number of furan rings is 1. The standard InChI is InChI=1S/C18H18ClN3OS.C2H6/c1-11-14-16(24-15(11)12-6-3-2-4-7-12)17(22-18(19)21-14)20-10-13-8-5-9-23-13;1-2/h2-3,5,8-9,12H,4,6-7,10H2,1H3,(H,20,21,22);1-2H3. The van der Waals surface area contributed by atoms with Gasteiger partial charge in [0.15, 0.2) is 0 Å². The highest BCUT2D eigenvalue weighted by Gasteiger charge is 2.22. The fourth-order valence-corrected chi connectivity index (χ4v) is 4.73. The largest absolute Gasteiger partial charge is 0.467 e. The molecule has 3 aromatic heterocycles. The third-order valence-electron chi connectivity index (χ3n) is 4.43. The molecule has 0 amide bonds. The number of aryl methyl sites for hydroxylation is 1. The van der Waals surface area contributed by atoms with E-state index in [1.807, 2.05) is 26.0 Å². The van der Waals surface area contributed by atoms with E-state index >= 15 is 0 Å². The molecule has 0 radical (unpaired) electrons. The van der Waals surface area contributed by atoms with Crippen molar-refractivity contribution < 1.29 is 4.42 Å². The fraction of sp³-hybridized carbons (Fsp3) is 0.400. The van der Waals surface area contributed by atoms with E-state index in [0.717, 1.165) is 34.6 Å². The van der Waals surface area contributed by atoms with Gasteiger partial charge in [-0.05, 0) is 61.4 Å². The van der Waals surface area contributed by atoms with Crippen molar-refractivity contribution >= 4 is 39.0 Å². The Labute approximate surface area is 163 Å². The number of aromatic nitrogens is 2. The van der Waals surface area contributed by atoms with Crippen molar-refractivity contribution in [3.8, 4) is 0 Å². The van der Waals surface area contributed by atoms with Gasteiger partial charge in [-0.1, -0.05) is 26.0 Å². The molecule has 3 aromatic rings. The number of nitrogens with zero attached hydrogens (tertiary/aromatic N) is 2. The molecule has 0 saturated heterocycles. The monoisotopic (exact) mass is 389 g/mol. The molecule has 0 fully saturated rings. The molecule has 1 atom stereocenters. The molecule has 6 heteroatoms. The van der Waals surface area contributed by atoms with Gasteiger partial charge in [-0.15, -0.1) is 11.3 Å². The summed E-state index contributed by atoms with van der Waals surface area (Å²) in [5.41, 5.74) is 2.20. The van der Waals surface area contributed by atoms with Crippen LogP contribution in [0.4, 0.5) is 5.82 Å². The topological polar surface area (TPSA) is 51.0 Å². The van der Waals surface area contributed by atoms with Gasteiger partial charge in [0.05, 0.1) is 23.0 Å². The zero-order valence-electron chi connectivity index (χ0n) is 15.4. The van der Waals surface area contributed by atoms with Gasteiger partial charge in [0.25, 0.3) is 0 Å². The summed E-state index contributed by atoms with van der Waals surface area (Å²) in [6, 6.07) is 3.82. The quantitative estimate of drug-likeness (QED) is 0.398. The first kappa shape index (κ1) is 18.9. The van der Waals surface area contributed by atoms with Crippen LogP contribution in [-0.4, -0.2) is 9.97 Å². The molecule has 3 heterocycles. The lowest BCUT2D eigenvalue weighted by atomic mass is 9.91. The average molecular weight is 390 g/mol. The first-order chi connectivity index (χ1) is 12.7. The predicted octanol–water partition coefficient (Wildman–Crippen LogP) is 6.71. The molecule has 4 rings (SSSR count). The molecular formula is C20H24ClN3OS. The minimum absolute atomic E-state index is 0.278. The maximum absolute atomic E-state index is 6.16. The lowest BCUT2D eigenvalue weighted by Gasteiger charge is -2.16. The Morgan fingerprint density at radius 1 is 1.31 bits per heavy atom. The van der Waals surface area contributed by atoms with Crippen LogP contribution in [0.2, 0.25) is 5.28 Å². The molecule has 0 aliphatic heterocycles. The molecule has 1 N–H and O–H groups in total. The Kier molecular flexibility index (Phi) is 6.33. The summed E-state index contributed by atoms with van der Waals surface area (Å²) in [5, 5.41) is 3.62. The van der Waals surface area contributed by atoms with Crippen molar-refractivity contribution in [1.82, 2.24) is 9.97 Å². The highest BCUT2D eigenvalue weighted by atomic mass is 35.5. The summed E-state index contributed by atoms with van der Waals surface area (Å²) in [5.74, 6) is 2.22. The lowest BCUT2D eigenvalue weighted by Crippen LogP contribution is -2.01. The summed E-state index contributed by atoms with van der Waals surface area (Å²) in [4.78, 5) is 10.3. The van der Waals surface area contributed by atoms with E-state index in [0.29, 0.717) is 12.5 Å². The molecule has 26 heavy (non-hydrogen) atoms. The minimum atomic E-state index is 0.278. The van der Waals surface area contributed by atoms with Crippen molar-refractivity contribution in [2.45, 2.75) is 52.5 Å². The Hall–Kier alpha value is -1.85. The second-order valence-electron chi connectivity index (χ2n) is 6.02. The Balaban J connectivity index is 0.000000948. The SMILES string of the molecule is CC.Cc1c(C2CC=CCC2)sc2c(NCc3ccco3)nc(Cl)nc12. The molecule has 4 nitrogen and oxygen atoms in total. The first-order valence-corrected chi connectivity index (χ1v) is 10.3. The Bertz CT molecular complexity index is 886. The van der Waals surface area contributed by atoms with Crippen molar-refractivity contribution in [2.75, 3.05) is 5.32 Å². The highest BCUT2D eigenvalue weighted by Crippen LogP contribution is 2.42. The summed E-state index contributed by atoms with van der Waals surface area (Å²) in [6.45, 7) is 6.72. The number of fused-ring (bicyclic) bond motifs is 1. The normalized spacial score (nSPS) is 16.4. The molecule has 1 aliphatic carbocycles. The fourth-order valence-electron chi connectivity index (χ4n) is 3.20. The van der Waals surface area contributed by atoms with Gasteiger partial charge in [0, 0.05) is 4.88 Å². The molecule has 0 bridgehead atoms. The van der Waals surface area contributed by atoms with E-state index < -0.39 is 0 Å². The van der Waals surface area contributed by atoms with Crippen molar-refractivity contribution in [3.63, 3.8) is 0 Å². The van der Waals surface area contributed by atoms with E-state index in [4.69, 9.17) is 16.0 Å². The minimum Gasteiger partial charge on any atom is -0.467 e. The zero-order chi connectivity index (χ0) is 18.5. The number of halogens is 1. The van der Waals surface area contributed by atoms with Gasteiger partial charge in [-0.25, -0.2) is 4.98 Å². The van der Waals surface area contributed by atoms with Gasteiger partial charge in [0.2, 0.25) is 5.28 Å². The maximum Gasteiger partial charge on any atom is 0.224 e. The Morgan fingerprint density at radius 3 is 2.85 bits per heavy atom. The number of nitrogens with one attached hydrogen (secondary N) is 1. The van der Waals surface area contributed by atoms with Crippen LogP contribution in [0, 0.1) is 6.92 Å².